The number of aryl methyl sites for hydroxylation is 1. The van der Waals surface area contributed by atoms with Crippen molar-refractivity contribution in [2.45, 2.75) is 52.7 Å². The van der Waals surface area contributed by atoms with Crippen LogP contribution in [-0.4, -0.2) is 39.7 Å². The fourth-order valence-corrected chi connectivity index (χ4v) is 2.13. The van der Waals surface area contributed by atoms with E-state index < -0.39 is 0 Å². The molecule has 0 aliphatic carbocycles. The normalized spacial score (nSPS) is 12.7. The molecule has 0 spiro atoms. The van der Waals surface area contributed by atoms with Gasteiger partial charge in [0.1, 0.15) is 0 Å². The van der Waals surface area contributed by atoms with Gasteiger partial charge in [0.25, 0.3) is 0 Å². The lowest BCUT2D eigenvalue weighted by atomic mass is 10.1. The zero-order valence-electron chi connectivity index (χ0n) is 11.3. The summed E-state index contributed by atoms with van der Waals surface area (Å²) in [5.74, 6) is 0. The summed E-state index contributed by atoms with van der Waals surface area (Å²) >= 11 is 0. The number of rotatable bonds is 6. The third-order valence-electron chi connectivity index (χ3n) is 3.97. The maximum atomic E-state index is 4.07. The Kier molecular flexibility index (Phi) is 4.54. The first-order chi connectivity index (χ1) is 7.47. The highest BCUT2D eigenvalue weighted by molar-refractivity contribution is 4.73. The summed E-state index contributed by atoms with van der Waals surface area (Å²) in [4.78, 5) is 4.07. The Hall–Kier alpha value is -0.830. The molecule has 0 N–H and O–H groups in total. The predicted molar refractivity (Wildman–Crippen MR) is 68.2 cm³/mol. The number of hydrogen-bond acceptors (Lipinski definition) is 1. The minimum atomic E-state index is 0.683. The molecular formula is C13H26N3+. The van der Waals surface area contributed by atoms with Gasteiger partial charge in [0.15, 0.2) is 0 Å². The van der Waals surface area contributed by atoms with Crippen LogP contribution < -0.4 is 0 Å². The second kappa shape index (κ2) is 5.48. The average Bonchev–Trinajstić information content (AvgIpc) is 2.69. The molecule has 0 aliphatic heterocycles. The van der Waals surface area contributed by atoms with Crippen LogP contribution in [0.4, 0.5) is 0 Å². The van der Waals surface area contributed by atoms with E-state index in [-0.39, 0.29) is 0 Å². The molecule has 0 fully saturated rings. The van der Waals surface area contributed by atoms with Crippen LogP contribution >= 0.6 is 0 Å². The van der Waals surface area contributed by atoms with Gasteiger partial charge in [-0.3, -0.25) is 0 Å². The maximum absolute atomic E-state index is 4.07. The van der Waals surface area contributed by atoms with E-state index in [4.69, 9.17) is 0 Å². The van der Waals surface area contributed by atoms with Crippen LogP contribution in [0.15, 0.2) is 18.7 Å². The average molecular weight is 224 g/mol. The van der Waals surface area contributed by atoms with Crippen LogP contribution in [0.25, 0.3) is 0 Å². The molecule has 92 valence electrons. The van der Waals surface area contributed by atoms with Crippen LogP contribution in [0, 0.1) is 0 Å². The van der Waals surface area contributed by atoms with Crippen LogP contribution in [0.3, 0.4) is 0 Å². The topological polar surface area (TPSA) is 17.8 Å². The van der Waals surface area contributed by atoms with Crippen molar-refractivity contribution < 1.29 is 4.48 Å². The van der Waals surface area contributed by atoms with E-state index in [2.05, 4.69) is 44.3 Å². The van der Waals surface area contributed by atoms with Crippen molar-refractivity contribution in [2.75, 3.05) is 13.6 Å². The largest absolute Gasteiger partial charge is 0.337 e. The van der Waals surface area contributed by atoms with Gasteiger partial charge in [0.05, 0.1) is 32.0 Å². The number of quaternary nitrogens is 1. The lowest BCUT2D eigenvalue weighted by Crippen LogP contribution is -2.55. The first kappa shape index (κ1) is 13.2. The van der Waals surface area contributed by atoms with Gasteiger partial charge in [-0.15, -0.1) is 0 Å². The zero-order valence-corrected chi connectivity index (χ0v) is 11.3. The number of imidazole rings is 1. The van der Waals surface area contributed by atoms with Gasteiger partial charge in [-0.05, 0) is 27.7 Å². The van der Waals surface area contributed by atoms with Crippen molar-refractivity contribution in [3.05, 3.63) is 18.7 Å². The molecule has 0 atom stereocenters. The van der Waals surface area contributed by atoms with Gasteiger partial charge < -0.3 is 9.05 Å². The molecule has 1 aromatic heterocycles. The molecule has 16 heavy (non-hydrogen) atoms. The third kappa shape index (κ3) is 3.08. The molecule has 3 nitrogen and oxygen atoms in total. The first-order valence-corrected chi connectivity index (χ1v) is 6.27. The fourth-order valence-electron chi connectivity index (χ4n) is 2.13. The summed E-state index contributed by atoms with van der Waals surface area (Å²) < 4.78 is 3.31. The van der Waals surface area contributed by atoms with Crippen LogP contribution in [0.5, 0.6) is 0 Å². The molecule has 0 saturated heterocycles. The summed E-state index contributed by atoms with van der Waals surface area (Å²) in [7, 11) is 2.36. The Morgan fingerprint density at radius 3 is 2.25 bits per heavy atom. The minimum Gasteiger partial charge on any atom is -0.337 e. The predicted octanol–water partition coefficient (Wildman–Crippen LogP) is 2.54. The molecule has 3 heteroatoms. The molecule has 0 radical (unpaired) electrons. The summed E-state index contributed by atoms with van der Waals surface area (Å²) in [6.45, 7) is 11.6. The second-order valence-corrected chi connectivity index (χ2v) is 5.41. The van der Waals surface area contributed by atoms with Crippen molar-refractivity contribution >= 4 is 0 Å². The van der Waals surface area contributed by atoms with E-state index in [9.17, 15) is 0 Å². The SMILES string of the molecule is CC(C)[N+](C)(CCCn1ccnc1)C(C)C. The quantitative estimate of drug-likeness (QED) is 0.679. The standard InChI is InChI=1S/C13H26N3/c1-12(2)16(5,13(3)4)10-6-8-15-9-7-14-11-15/h7,9,11-13H,6,8,10H2,1-5H3/q+1. The molecule has 0 amide bonds. The molecule has 1 rings (SSSR count). The van der Waals surface area contributed by atoms with Crippen LogP contribution in [-0.2, 0) is 6.54 Å². The van der Waals surface area contributed by atoms with E-state index in [0.29, 0.717) is 12.1 Å². The van der Waals surface area contributed by atoms with Crippen molar-refractivity contribution in [2.24, 2.45) is 0 Å². The zero-order chi connectivity index (χ0) is 12.2. The van der Waals surface area contributed by atoms with Gasteiger partial charge in [-0.2, -0.15) is 0 Å². The van der Waals surface area contributed by atoms with Gasteiger partial charge in [0, 0.05) is 25.4 Å². The summed E-state index contributed by atoms with van der Waals surface area (Å²) in [5.41, 5.74) is 0. The summed E-state index contributed by atoms with van der Waals surface area (Å²) in [6, 6.07) is 1.37. The fraction of sp³-hybridized carbons (Fsp3) is 0.769. The van der Waals surface area contributed by atoms with Crippen molar-refractivity contribution in [1.29, 1.82) is 0 Å². The van der Waals surface area contributed by atoms with E-state index >= 15 is 0 Å². The molecular weight excluding hydrogens is 198 g/mol. The van der Waals surface area contributed by atoms with E-state index in [1.807, 2.05) is 18.7 Å². The molecule has 0 bridgehead atoms. The number of aromatic nitrogens is 2. The summed E-state index contributed by atoms with van der Waals surface area (Å²) in [5, 5.41) is 0. The monoisotopic (exact) mass is 224 g/mol. The van der Waals surface area contributed by atoms with Crippen LogP contribution in [0.1, 0.15) is 34.1 Å². The molecule has 0 aliphatic rings. The van der Waals surface area contributed by atoms with Gasteiger partial charge >= 0.3 is 0 Å². The molecule has 0 unspecified atom stereocenters. The summed E-state index contributed by atoms with van der Waals surface area (Å²) in [6.07, 6.45) is 6.99. The smallest absolute Gasteiger partial charge is 0.0945 e. The molecule has 1 aromatic rings. The Bertz CT molecular complexity index is 280. The minimum absolute atomic E-state index is 0.683. The maximum Gasteiger partial charge on any atom is 0.0945 e. The van der Waals surface area contributed by atoms with Gasteiger partial charge in [-0.1, -0.05) is 0 Å². The van der Waals surface area contributed by atoms with Gasteiger partial charge in [-0.25, -0.2) is 4.98 Å². The lowest BCUT2D eigenvalue weighted by molar-refractivity contribution is -0.949. The molecule has 0 saturated carbocycles. The highest BCUT2D eigenvalue weighted by Gasteiger charge is 2.28. The number of hydrogen-bond donors (Lipinski definition) is 0. The Labute approximate surface area is 99.7 Å². The third-order valence-corrected chi connectivity index (χ3v) is 3.97. The first-order valence-electron chi connectivity index (χ1n) is 6.27. The highest BCUT2D eigenvalue weighted by atomic mass is 15.4. The Balaban J connectivity index is 2.45. The Morgan fingerprint density at radius 1 is 1.19 bits per heavy atom. The lowest BCUT2D eigenvalue weighted by Gasteiger charge is -2.42. The van der Waals surface area contributed by atoms with Crippen LogP contribution in [0.2, 0.25) is 0 Å². The van der Waals surface area contributed by atoms with E-state index in [1.54, 1.807) is 0 Å². The second-order valence-electron chi connectivity index (χ2n) is 5.41. The van der Waals surface area contributed by atoms with Gasteiger partial charge in [0.2, 0.25) is 0 Å². The number of nitrogens with zero attached hydrogens (tertiary/aromatic N) is 3. The van der Waals surface area contributed by atoms with Crippen molar-refractivity contribution in [3.63, 3.8) is 0 Å². The van der Waals surface area contributed by atoms with E-state index in [0.717, 1.165) is 11.0 Å². The Morgan fingerprint density at radius 2 is 1.81 bits per heavy atom. The molecule has 1 heterocycles. The molecule has 0 aromatic carbocycles. The van der Waals surface area contributed by atoms with E-state index in [1.165, 1.54) is 13.0 Å². The highest BCUT2D eigenvalue weighted by Crippen LogP contribution is 2.16. The van der Waals surface area contributed by atoms with Crippen molar-refractivity contribution in [1.82, 2.24) is 9.55 Å². The van der Waals surface area contributed by atoms with Crippen molar-refractivity contribution in [3.8, 4) is 0 Å².